The number of hydrogen-bond acceptors (Lipinski definition) is 3. The van der Waals surface area contributed by atoms with Crippen LogP contribution in [0.3, 0.4) is 0 Å². The molecule has 1 aromatic rings. The van der Waals surface area contributed by atoms with Gasteiger partial charge in [0.15, 0.2) is 0 Å². The van der Waals surface area contributed by atoms with E-state index in [1.165, 1.54) is 6.07 Å². The minimum absolute atomic E-state index is 0.0476. The number of nitrogens with two attached hydrogens (primary N) is 1. The van der Waals surface area contributed by atoms with Gasteiger partial charge >= 0.3 is 0 Å². The molecular formula is C13H19FN2O2S2. The van der Waals surface area contributed by atoms with Crippen LogP contribution in [0.15, 0.2) is 23.1 Å². The molecule has 3 N–H and O–H groups in total. The predicted octanol–water partition coefficient (Wildman–Crippen LogP) is 2.17. The van der Waals surface area contributed by atoms with Crippen molar-refractivity contribution in [3.05, 3.63) is 29.6 Å². The second-order valence-electron chi connectivity index (χ2n) is 5.35. The highest BCUT2D eigenvalue weighted by atomic mass is 32.2. The van der Waals surface area contributed by atoms with Crippen molar-refractivity contribution in [1.29, 1.82) is 0 Å². The van der Waals surface area contributed by atoms with E-state index in [-0.39, 0.29) is 20.9 Å². The molecular weight excluding hydrogens is 299 g/mol. The minimum Gasteiger partial charge on any atom is -0.389 e. The monoisotopic (exact) mass is 318 g/mol. The second kappa shape index (κ2) is 6.15. The number of hydrogen-bond donors (Lipinski definition) is 2. The molecule has 0 heterocycles. The number of sulfonamides is 1. The van der Waals surface area contributed by atoms with Crippen molar-refractivity contribution in [2.45, 2.75) is 32.1 Å². The molecule has 0 aliphatic heterocycles. The second-order valence-corrected chi connectivity index (χ2v) is 7.56. The van der Waals surface area contributed by atoms with E-state index in [0.717, 1.165) is 18.6 Å². The number of rotatable bonds is 6. The van der Waals surface area contributed by atoms with Gasteiger partial charge in [-0.05, 0) is 30.0 Å². The molecule has 7 heteroatoms. The highest BCUT2D eigenvalue weighted by Gasteiger charge is 2.22. The summed E-state index contributed by atoms with van der Waals surface area (Å²) >= 11 is 4.70. The summed E-state index contributed by atoms with van der Waals surface area (Å²) in [6.45, 7) is 6.20. The number of thiocarbonyl (C=S) groups is 1. The van der Waals surface area contributed by atoms with Crippen LogP contribution in [0, 0.1) is 11.2 Å². The summed E-state index contributed by atoms with van der Waals surface area (Å²) in [4.78, 5) is -0.220. The average Bonchev–Trinajstić information content (AvgIpc) is 2.36. The van der Waals surface area contributed by atoms with Crippen LogP contribution in [-0.4, -0.2) is 20.0 Å². The predicted molar refractivity (Wildman–Crippen MR) is 81.5 cm³/mol. The molecule has 4 nitrogen and oxygen atoms in total. The van der Waals surface area contributed by atoms with Gasteiger partial charge in [0.1, 0.15) is 10.8 Å². The Morgan fingerprint density at radius 2 is 2.05 bits per heavy atom. The molecule has 0 radical (unpaired) electrons. The lowest BCUT2D eigenvalue weighted by molar-refractivity contribution is 0.350. The van der Waals surface area contributed by atoms with Gasteiger partial charge in [0.25, 0.3) is 0 Å². The van der Waals surface area contributed by atoms with E-state index in [9.17, 15) is 12.8 Å². The molecule has 0 aromatic heterocycles. The van der Waals surface area contributed by atoms with Crippen molar-refractivity contribution >= 4 is 27.2 Å². The fourth-order valence-corrected chi connectivity index (χ4v) is 2.78. The van der Waals surface area contributed by atoms with Crippen molar-refractivity contribution in [3.63, 3.8) is 0 Å². The summed E-state index contributed by atoms with van der Waals surface area (Å²) in [5.41, 5.74) is 5.14. The lowest BCUT2D eigenvalue weighted by Gasteiger charge is -2.22. The Balaban J connectivity index is 3.05. The summed E-state index contributed by atoms with van der Waals surface area (Å²) in [6, 6.07) is 3.39. The SMILES string of the molecule is CCC(C)(C)CNS(=O)(=O)c1ccc(F)c(C(N)=S)c1. The molecule has 1 aromatic carbocycles. The van der Waals surface area contributed by atoms with Gasteiger partial charge in [-0.3, -0.25) is 0 Å². The maximum atomic E-state index is 13.5. The van der Waals surface area contributed by atoms with Crippen molar-refractivity contribution in [1.82, 2.24) is 4.72 Å². The number of benzene rings is 1. The zero-order valence-corrected chi connectivity index (χ0v) is 13.4. The maximum absolute atomic E-state index is 13.5. The van der Waals surface area contributed by atoms with Crippen LogP contribution < -0.4 is 10.5 Å². The highest BCUT2D eigenvalue weighted by molar-refractivity contribution is 7.89. The Kier molecular flexibility index (Phi) is 5.23. The smallest absolute Gasteiger partial charge is 0.240 e. The molecule has 0 amide bonds. The van der Waals surface area contributed by atoms with Gasteiger partial charge in [-0.1, -0.05) is 33.0 Å². The molecule has 0 aliphatic carbocycles. The van der Waals surface area contributed by atoms with Crippen LogP contribution in [0.5, 0.6) is 0 Å². The summed E-state index contributed by atoms with van der Waals surface area (Å²) in [5.74, 6) is -0.634. The van der Waals surface area contributed by atoms with Crippen LogP contribution in [0.2, 0.25) is 0 Å². The number of nitrogens with one attached hydrogen (secondary N) is 1. The Morgan fingerprint density at radius 1 is 1.45 bits per heavy atom. The molecule has 0 atom stereocenters. The summed E-state index contributed by atoms with van der Waals surface area (Å²) < 4.78 is 40.3. The van der Waals surface area contributed by atoms with Gasteiger partial charge in [0, 0.05) is 12.1 Å². The molecule has 0 fully saturated rings. The van der Waals surface area contributed by atoms with E-state index < -0.39 is 15.8 Å². The molecule has 0 unspecified atom stereocenters. The van der Waals surface area contributed by atoms with Gasteiger partial charge in [0.05, 0.1) is 4.90 Å². The molecule has 0 saturated carbocycles. The van der Waals surface area contributed by atoms with Gasteiger partial charge in [-0.2, -0.15) is 0 Å². The van der Waals surface area contributed by atoms with E-state index in [4.69, 9.17) is 18.0 Å². The molecule has 0 saturated heterocycles. The fraction of sp³-hybridized carbons (Fsp3) is 0.462. The zero-order chi connectivity index (χ0) is 15.6. The Morgan fingerprint density at radius 3 is 2.55 bits per heavy atom. The third-order valence-corrected chi connectivity index (χ3v) is 4.83. The van der Waals surface area contributed by atoms with Crippen LogP contribution in [-0.2, 0) is 10.0 Å². The Hall–Kier alpha value is -1.05. The third kappa shape index (κ3) is 4.22. The van der Waals surface area contributed by atoms with Crippen molar-refractivity contribution in [3.8, 4) is 0 Å². The quantitative estimate of drug-likeness (QED) is 0.789. The Labute approximate surface area is 124 Å². The van der Waals surface area contributed by atoms with Gasteiger partial charge in [-0.15, -0.1) is 0 Å². The highest BCUT2D eigenvalue weighted by Crippen LogP contribution is 2.20. The molecule has 20 heavy (non-hydrogen) atoms. The standard InChI is InChI=1S/C13H19FN2O2S2/c1-4-13(2,3)8-16-20(17,18)9-5-6-11(14)10(7-9)12(15)19/h5-7,16H,4,8H2,1-3H3,(H2,15,19). The normalized spacial score (nSPS) is 12.4. The van der Waals surface area contributed by atoms with E-state index in [0.29, 0.717) is 6.54 Å². The largest absolute Gasteiger partial charge is 0.389 e. The van der Waals surface area contributed by atoms with E-state index in [1.807, 2.05) is 20.8 Å². The van der Waals surface area contributed by atoms with Crippen LogP contribution >= 0.6 is 12.2 Å². The maximum Gasteiger partial charge on any atom is 0.240 e. The van der Waals surface area contributed by atoms with Crippen molar-refractivity contribution in [2.75, 3.05) is 6.54 Å². The third-order valence-electron chi connectivity index (χ3n) is 3.21. The number of halogens is 1. The molecule has 112 valence electrons. The Bertz CT molecular complexity index is 613. The van der Waals surface area contributed by atoms with E-state index in [1.54, 1.807) is 0 Å². The fourth-order valence-electron chi connectivity index (χ4n) is 1.36. The first-order valence-corrected chi connectivity index (χ1v) is 8.07. The molecule has 0 bridgehead atoms. The van der Waals surface area contributed by atoms with Crippen LogP contribution in [0.25, 0.3) is 0 Å². The van der Waals surface area contributed by atoms with Gasteiger partial charge in [0.2, 0.25) is 10.0 Å². The first kappa shape index (κ1) is 17.0. The first-order chi connectivity index (χ1) is 9.09. The lowest BCUT2D eigenvalue weighted by Crippen LogP contribution is -2.33. The zero-order valence-electron chi connectivity index (χ0n) is 11.7. The van der Waals surface area contributed by atoms with Crippen molar-refractivity contribution in [2.24, 2.45) is 11.1 Å². The molecule has 0 spiro atoms. The van der Waals surface area contributed by atoms with Gasteiger partial charge in [-0.25, -0.2) is 17.5 Å². The minimum atomic E-state index is -3.71. The summed E-state index contributed by atoms with van der Waals surface area (Å²) in [5, 5.41) is 0. The van der Waals surface area contributed by atoms with Crippen molar-refractivity contribution < 1.29 is 12.8 Å². The molecule has 0 aliphatic rings. The van der Waals surface area contributed by atoms with E-state index >= 15 is 0 Å². The van der Waals surface area contributed by atoms with Crippen LogP contribution in [0.1, 0.15) is 32.8 Å². The summed E-state index contributed by atoms with van der Waals surface area (Å²) in [7, 11) is -3.71. The summed E-state index contributed by atoms with van der Waals surface area (Å²) in [6.07, 6.45) is 0.830. The topological polar surface area (TPSA) is 72.2 Å². The lowest BCUT2D eigenvalue weighted by atomic mass is 9.91. The van der Waals surface area contributed by atoms with E-state index in [2.05, 4.69) is 4.72 Å². The molecule has 1 rings (SSSR count). The average molecular weight is 318 g/mol. The first-order valence-electron chi connectivity index (χ1n) is 6.18. The van der Waals surface area contributed by atoms with Gasteiger partial charge < -0.3 is 5.73 Å². The van der Waals surface area contributed by atoms with Crippen LogP contribution in [0.4, 0.5) is 4.39 Å².